The fourth-order valence-corrected chi connectivity index (χ4v) is 5.07. The first-order valence-corrected chi connectivity index (χ1v) is 12.1. The largest absolute Gasteiger partial charge is 0.481 e. The topological polar surface area (TPSA) is 114 Å². The summed E-state index contributed by atoms with van der Waals surface area (Å²) in [5.74, 6) is -1.61. The van der Waals surface area contributed by atoms with E-state index in [2.05, 4.69) is 22.8 Å². The average Bonchev–Trinajstić information content (AvgIpc) is 3.19. The molecular weight excluding hydrogens is 448 g/mol. The Bertz CT molecular complexity index is 1030. The lowest BCUT2D eigenvalue weighted by molar-refractivity contribution is -0.142. The number of alkyl carbamates (subject to hydrolysis) is 1. The van der Waals surface area contributed by atoms with Gasteiger partial charge in [-0.25, -0.2) is 4.79 Å². The Morgan fingerprint density at radius 3 is 2.09 bits per heavy atom. The summed E-state index contributed by atoms with van der Waals surface area (Å²) in [6.45, 7) is 1.85. The molecule has 2 aromatic rings. The van der Waals surface area contributed by atoms with Crippen LogP contribution in [0.3, 0.4) is 0 Å². The van der Waals surface area contributed by atoms with Crippen LogP contribution in [-0.2, 0) is 19.1 Å². The number of hydrogen-bond donors (Lipinski definition) is 3. The molecule has 2 aliphatic rings. The van der Waals surface area contributed by atoms with Gasteiger partial charge in [0.1, 0.15) is 12.6 Å². The van der Waals surface area contributed by atoms with E-state index in [1.807, 2.05) is 36.4 Å². The summed E-state index contributed by atoms with van der Waals surface area (Å²) in [7, 11) is 1.47. The van der Waals surface area contributed by atoms with Crippen LogP contribution in [0, 0.1) is 5.92 Å². The van der Waals surface area contributed by atoms with Crippen molar-refractivity contribution in [3.63, 3.8) is 0 Å². The maximum atomic E-state index is 13.0. The van der Waals surface area contributed by atoms with E-state index in [1.54, 1.807) is 6.92 Å². The minimum Gasteiger partial charge on any atom is -0.481 e. The Balaban J connectivity index is 1.36. The molecule has 2 unspecified atom stereocenters. The van der Waals surface area contributed by atoms with E-state index in [-0.39, 0.29) is 30.4 Å². The molecule has 3 N–H and O–H groups in total. The van der Waals surface area contributed by atoms with Crippen molar-refractivity contribution in [2.75, 3.05) is 13.7 Å². The van der Waals surface area contributed by atoms with Gasteiger partial charge in [0, 0.05) is 19.1 Å². The first-order valence-electron chi connectivity index (χ1n) is 12.1. The zero-order valence-corrected chi connectivity index (χ0v) is 20.0. The normalized spacial score (nSPS) is 20.7. The van der Waals surface area contributed by atoms with Gasteiger partial charge in [0.2, 0.25) is 5.91 Å². The monoisotopic (exact) mass is 480 g/mol. The predicted molar refractivity (Wildman–Crippen MR) is 130 cm³/mol. The van der Waals surface area contributed by atoms with E-state index >= 15 is 0 Å². The summed E-state index contributed by atoms with van der Waals surface area (Å²) >= 11 is 0. The van der Waals surface area contributed by atoms with Gasteiger partial charge in [0.25, 0.3) is 0 Å². The molecular formula is C27H32N2O6. The molecule has 0 radical (unpaired) electrons. The van der Waals surface area contributed by atoms with Gasteiger partial charge in [-0.2, -0.15) is 0 Å². The molecule has 0 bridgehead atoms. The van der Waals surface area contributed by atoms with Crippen molar-refractivity contribution >= 4 is 18.0 Å². The molecule has 1 saturated carbocycles. The number of carbonyl (C=O) groups is 3. The van der Waals surface area contributed by atoms with Crippen molar-refractivity contribution in [3.05, 3.63) is 59.7 Å². The number of aliphatic carboxylic acids is 1. The number of carboxylic acids is 1. The molecule has 0 aromatic heterocycles. The fourth-order valence-electron chi connectivity index (χ4n) is 5.07. The molecule has 0 saturated heterocycles. The van der Waals surface area contributed by atoms with Gasteiger partial charge < -0.3 is 25.2 Å². The van der Waals surface area contributed by atoms with E-state index in [4.69, 9.17) is 9.47 Å². The molecule has 0 heterocycles. The number of fused-ring (bicyclic) bond motifs is 3. The fraction of sp³-hybridized carbons (Fsp3) is 0.444. The van der Waals surface area contributed by atoms with Crippen LogP contribution in [0.25, 0.3) is 11.1 Å². The second-order valence-corrected chi connectivity index (χ2v) is 9.28. The lowest BCUT2D eigenvalue weighted by atomic mass is 9.86. The lowest BCUT2D eigenvalue weighted by Gasteiger charge is -2.30. The highest BCUT2D eigenvalue weighted by Gasteiger charge is 2.33. The van der Waals surface area contributed by atoms with Gasteiger partial charge in [0.15, 0.2) is 0 Å². The van der Waals surface area contributed by atoms with Crippen LogP contribution in [0.2, 0.25) is 0 Å². The number of amides is 2. The van der Waals surface area contributed by atoms with Crippen LogP contribution in [0.4, 0.5) is 4.79 Å². The molecule has 186 valence electrons. The molecule has 35 heavy (non-hydrogen) atoms. The second kappa shape index (κ2) is 10.9. The van der Waals surface area contributed by atoms with Crippen LogP contribution in [0.1, 0.15) is 49.7 Å². The molecule has 1 fully saturated rings. The molecule has 2 aromatic carbocycles. The first kappa shape index (κ1) is 24.7. The minimum atomic E-state index is -0.937. The number of carbonyl (C=O) groups excluding carboxylic acids is 2. The van der Waals surface area contributed by atoms with Crippen molar-refractivity contribution in [1.82, 2.24) is 10.6 Å². The second-order valence-electron chi connectivity index (χ2n) is 9.28. The zero-order valence-electron chi connectivity index (χ0n) is 20.0. The van der Waals surface area contributed by atoms with Crippen LogP contribution in [-0.4, -0.2) is 55.0 Å². The summed E-state index contributed by atoms with van der Waals surface area (Å²) in [6, 6.07) is 15.1. The summed E-state index contributed by atoms with van der Waals surface area (Å²) in [6.07, 6.45) is 0.940. The van der Waals surface area contributed by atoms with Gasteiger partial charge in [-0.05, 0) is 54.9 Å². The van der Waals surface area contributed by atoms with Crippen LogP contribution in [0.15, 0.2) is 48.5 Å². The predicted octanol–water partition coefficient (Wildman–Crippen LogP) is 3.69. The quantitative estimate of drug-likeness (QED) is 0.531. The Kier molecular flexibility index (Phi) is 7.70. The van der Waals surface area contributed by atoms with Crippen molar-refractivity contribution < 1.29 is 29.0 Å². The van der Waals surface area contributed by atoms with Gasteiger partial charge in [-0.3, -0.25) is 9.59 Å². The van der Waals surface area contributed by atoms with Gasteiger partial charge in [-0.15, -0.1) is 0 Å². The Hall–Kier alpha value is -3.39. The average molecular weight is 481 g/mol. The molecule has 0 aliphatic heterocycles. The number of nitrogens with one attached hydrogen (secondary N) is 2. The van der Waals surface area contributed by atoms with Crippen molar-refractivity contribution in [3.8, 4) is 11.1 Å². The van der Waals surface area contributed by atoms with E-state index in [0.29, 0.717) is 25.7 Å². The molecule has 8 nitrogen and oxygen atoms in total. The third-order valence-corrected chi connectivity index (χ3v) is 7.16. The van der Waals surface area contributed by atoms with Gasteiger partial charge in [-0.1, -0.05) is 48.5 Å². The van der Waals surface area contributed by atoms with Crippen LogP contribution in [0.5, 0.6) is 0 Å². The van der Waals surface area contributed by atoms with Gasteiger partial charge in [0.05, 0.1) is 12.0 Å². The van der Waals surface area contributed by atoms with Crippen molar-refractivity contribution in [2.24, 2.45) is 5.92 Å². The highest BCUT2D eigenvalue weighted by molar-refractivity contribution is 5.86. The van der Waals surface area contributed by atoms with Crippen molar-refractivity contribution in [2.45, 2.75) is 56.7 Å². The maximum absolute atomic E-state index is 13.0. The molecule has 0 spiro atoms. The van der Waals surface area contributed by atoms with Crippen LogP contribution >= 0.6 is 0 Å². The molecule has 2 aliphatic carbocycles. The number of hydrogen-bond acceptors (Lipinski definition) is 5. The number of methoxy groups -OCH3 is 1. The summed E-state index contributed by atoms with van der Waals surface area (Å²) in [5.41, 5.74) is 4.50. The first-order chi connectivity index (χ1) is 16.9. The zero-order chi connectivity index (χ0) is 24.9. The highest BCUT2D eigenvalue weighted by Crippen LogP contribution is 2.44. The minimum absolute atomic E-state index is 0.0790. The SMILES string of the molecule is COC(C)C(NC(=O)OCC1c2ccccc2-c2ccccc21)C(=O)NC1CCC(C(=O)O)CC1. The van der Waals surface area contributed by atoms with E-state index < -0.39 is 24.2 Å². The summed E-state index contributed by atoms with van der Waals surface area (Å²) < 4.78 is 10.9. The third kappa shape index (κ3) is 5.48. The third-order valence-electron chi connectivity index (χ3n) is 7.16. The van der Waals surface area contributed by atoms with E-state index in [9.17, 15) is 19.5 Å². The summed E-state index contributed by atoms with van der Waals surface area (Å²) in [5, 5.41) is 14.8. The number of carboxylic acid groups (broad SMARTS) is 1. The number of ether oxygens (including phenoxy) is 2. The van der Waals surface area contributed by atoms with E-state index in [0.717, 1.165) is 22.3 Å². The molecule has 4 rings (SSSR count). The Labute approximate surface area is 205 Å². The van der Waals surface area contributed by atoms with E-state index in [1.165, 1.54) is 7.11 Å². The van der Waals surface area contributed by atoms with Crippen LogP contribution < -0.4 is 10.6 Å². The van der Waals surface area contributed by atoms with Crippen molar-refractivity contribution in [1.29, 1.82) is 0 Å². The Morgan fingerprint density at radius 1 is 0.971 bits per heavy atom. The van der Waals surface area contributed by atoms with Gasteiger partial charge >= 0.3 is 12.1 Å². The number of rotatable bonds is 8. The number of benzene rings is 2. The lowest BCUT2D eigenvalue weighted by Crippen LogP contribution is -2.55. The smallest absolute Gasteiger partial charge is 0.407 e. The highest BCUT2D eigenvalue weighted by atomic mass is 16.5. The summed E-state index contributed by atoms with van der Waals surface area (Å²) in [4.78, 5) is 36.9. The molecule has 2 amide bonds. The molecule has 2 atom stereocenters. The maximum Gasteiger partial charge on any atom is 0.407 e. The molecule has 8 heteroatoms. The Morgan fingerprint density at radius 2 is 1.54 bits per heavy atom. The standard InChI is InChI=1S/C27H32N2O6/c1-16(34-2)24(25(30)28-18-13-11-17(12-14-18)26(31)32)29-27(33)35-15-23-21-9-5-3-7-19(21)20-8-4-6-10-22(20)23/h3-10,16-18,23-24H,11-15H2,1-2H3,(H,28,30)(H,29,33)(H,31,32).